The van der Waals surface area contributed by atoms with Gasteiger partial charge < -0.3 is 10.2 Å². The van der Waals surface area contributed by atoms with Crippen molar-refractivity contribution in [2.24, 2.45) is 5.92 Å². The predicted molar refractivity (Wildman–Crippen MR) is 94.2 cm³/mol. The number of amides is 2. The predicted octanol–water partition coefficient (Wildman–Crippen LogP) is 3.63. The summed E-state index contributed by atoms with van der Waals surface area (Å²) in [7, 11) is 0. The number of carbonyl (C=O) groups excluding carboxylic acids is 2. The second-order valence-corrected chi connectivity index (χ2v) is 6.44. The van der Waals surface area contributed by atoms with Gasteiger partial charge in [0.05, 0.1) is 0 Å². The van der Waals surface area contributed by atoms with Crippen LogP contribution in [0.25, 0.3) is 0 Å². The highest BCUT2D eigenvalue weighted by molar-refractivity contribution is 6.31. The van der Waals surface area contributed by atoms with Crippen LogP contribution in [0.1, 0.15) is 46.1 Å². The van der Waals surface area contributed by atoms with Gasteiger partial charge in [0.25, 0.3) is 0 Å². The van der Waals surface area contributed by atoms with Crippen LogP contribution >= 0.6 is 11.6 Å². The Kier molecular flexibility index (Phi) is 8.10. The van der Waals surface area contributed by atoms with Gasteiger partial charge in [0.1, 0.15) is 6.04 Å². The van der Waals surface area contributed by atoms with Gasteiger partial charge in [-0.3, -0.25) is 9.59 Å². The molecule has 2 amide bonds. The van der Waals surface area contributed by atoms with E-state index in [1.54, 1.807) is 17.9 Å². The Morgan fingerprint density at radius 3 is 2.39 bits per heavy atom. The molecule has 0 heterocycles. The van der Waals surface area contributed by atoms with E-state index in [1.807, 2.05) is 39.0 Å². The first-order valence-electron chi connectivity index (χ1n) is 8.21. The Morgan fingerprint density at radius 1 is 1.22 bits per heavy atom. The fraction of sp³-hybridized carbons (Fsp3) is 0.556. The summed E-state index contributed by atoms with van der Waals surface area (Å²) < 4.78 is 0. The smallest absolute Gasteiger partial charge is 0.242 e. The number of hydrogen-bond acceptors (Lipinski definition) is 2. The molecule has 1 rings (SSSR count). The molecule has 0 aliphatic carbocycles. The molecular formula is C18H27ClN2O2. The summed E-state index contributed by atoms with van der Waals surface area (Å²) in [5.41, 5.74) is 0.853. The van der Waals surface area contributed by atoms with Crippen molar-refractivity contribution in [3.8, 4) is 0 Å². The second kappa shape index (κ2) is 9.56. The van der Waals surface area contributed by atoms with E-state index in [4.69, 9.17) is 11.6 Å². The Hall–Kier alpha value is -1.55. The average molecular weight is 339 g/mol. The van der Waals surface area contributed by atoms with Crippen LogP contribution in [0.15, 0.2) is 24.3 Å². The zero-order valence-corrected chi connectivity index (χ0v) is 15.2. The van der Waals surface area contributed by atoms with E-state index in [0.29, 0.717) is 36.9 Å². The monoisotopic (exact) mass is 338 g/mol. The molecule has 0 spiro atoms. The normalized spacial score (nSPS) is 12.1. The maximum Gasteiger partial charge on any atom is 0.242 e. The SMILES string of the molecule is CCC(=O)N(Cc1ccccc1Cl)[C@@H](CC)C(=O)NCC(C)C. The van der Waals surface area contributed by atoms with E-state index in [2.05, 4.69) is 5.32 Å². The van der Waals surface area contributed by atoms with Gasteiger partial charge in [-0.1, -0.05) is 57.5 Å². The zero-order chi connectivity index (χ0) is 17.4. The minimum absolute atomic E-state index is 0.0449. The topological polar surface area (TPSA) is 49.4 Å². The van der Waals surface area contributed by atoms with E-state index >= 15 is 0 Å². The lowest BCUT2D eigenvalue weighted by Crippen LogP contribution is -2.49. The number of halogens is 1. The van der Waals surface area contributed by atoms with Gasteiger partial charge in [0.15, 0.2) is 0 Å². The lowest BCUT2D eigenvalue weighted by atomic mass is 10.1. The van der Waals surface area contributed by atoms with Crippen molar-refractivity contribution >= 4 is 23.4 Å². The van der Waals surface area contributed by atoms with Crippen LogP contribution in [0.2, 0.25) is 5.02 Å². The summed E-state index contributed by atoms with van der Waals surface area (Å²) in [4.78, 5) is 26.5. The van der Waals surface area contributed by atoms with Gasteiger partial charge in [0.2, 0.25) is 11.8 Å². The molecule has 0 bridgehead atoms. The van der Waals surface area contributed by atoms with Crippen LogP contribution < -0.4 is 5.32 Å². The van der Waals surface area contributed by atoms with E-state index in [-0.39, 0.29) is 11.8 Å². The number of benzene rings is 1. The number of nitrogens with one attached hydrogen (secondary N) is 1. The fourth-order valence-corrected chi connectivity index (χ4v) is 2.55. The summed E-state index contributed by atoms with van der Waals surface area (Å²) in [6.45, 7) is 8.76. The minimum Gasteiger partial charge on any atom is -0.354 e. The first-order chi connectivity index (χ1) is 10.9. The van der Waals surface area contributed by atoms with Crippen molar-refractivity contribution in [2.45, 2.75) is 53.1 Å². The van der Waals surface area contributed by atoms with Crippen LogP contribution in [0, 0.1) is 5.92 Å². The van der Waals surface area contributed by atoms with Crippen LogP contribution in [0.4, 0.5) is 0 Å². The summed E-state index contributed by atoms with van der Waals surface area (Å²) >= 11 is 6.21. The number of hydrogen-bond donors (Lipinski definition) is 1. The molecule has 0 unspecified atom stereocenters. The van der Waals surface area contributed by atoms with Crippen LogP contribution in [0.5, 0.6) is 0 Å². The summed E-state index contributed by atoms with van der Waals surface area (Å²) in [6, 6.07) is 6.94. The molecule has 0 aromatic heterocycles. The van der Waals surface area contributed by atoms with Crippen molar-refractivity contribution in [2.75, 3.05) is 6.54 Å². The standard InChI is InChI=1S/C18H27ClN2O2/c1-5-16(18(23)20-11-13(3)4)21(17(22)6-2)12-14-9-7-8-10-15(14)19/h7-10,13,16H,5-6,11-12H2,1-4H3,(H,20,23)/t16-/m0/s1. The third-order valence-electron chi connectivity index (χ3n) is 3.67. The Labute approximate surface area is 144 Å². The summed E-state index contributed by atoms with van der Waals surface area (Å²) in [5.74, 6) is 0.224. The number of rotatable bonds is 8. The Balaban J connectivity index is 2.96. The molecule has 0 aliphatic rings. The minimum atomic E-state index is -0.475. The molecule has 1 N–H and O–H groups in total. The van der Waals surface area contributed by atoms with Crippen LogP contribution in [-0.2, 0) is 16.1 Å². The highest BCUT2D eigenvalue weighted by Crippen LogP contribution is 2.20. The molecule has 4 nitrogen and oxygen atoms in total. The van der Waals surface area contributed by atoms with Gasteiger partial charge in [-0.2, -0.15) is 0 Å². The van der Waals surface area contributed by atoms with Gasteiger partial charge in [-0.25, -0.2) is 0 Å². The van der Waals surface area contributed by atoms with E-state index in [1.165, 1.54) is 0 Å². The van der Waals surface area contributed by atoms with Gasteiger partial charge >= 0.3 is 0 Å². The van der Waals surface area contributed by atoms with Crippen molar-refractivity contribution in [1.29, 1.82) is 0 Å². The Bertz CT molecular complexity index is 532. The molecule has 0 saturated carbocycles. The maximum atomic E-state index is 12.5. The van der Waals surface area contributed by atoms with Gasteiger partial charge in [-0.15, -0.1) is 0 Å². The molecule has 1 aromatic carbocycles. The first-order valence-corrected chi connectivity index (χ1v) is 8.59. The molecule has 0 fully saturated rings. The molecule has 1 aromatic rings. The lowest BCUT2D eigenvalue weighted by molar-refractivity contribution is -0.141. The van der Waals surface area contributed by atoms with Gasteiger partial charge in [-0.05, 0) is 24.0 Å². The molecule has 1 atom stereocenters. The molecule has 0 aliphatic heterocycles. The maximum absolute atomic E-state index is 12.5. The zero-order valence-electron chi connectivity index (χ0n) is 14.4. The van der Waals surface area contributed by atoms with Crippen molar-refractivity contribution in [1.82, 2.24) is 10.2 Å². The van der Waals surface area contributed by atoms with E-state index in [0.717, 1.165) is 5.56 Å². The van der Waals surface area contributed by atoms with Crippen LogP contribution in [0.3, 0.4) is 0 Å². The lowest BCUT2D eigenvalue weighted by Gasteiger charge is -2.30. The molecule has 5 heteroatoms. The third kappa shape index (κ3) is 5.87. The number of carbonyl (C=O) groups is 2. The molecule has 128 valence electrons. The highest BCUT2D eigenvalue weighted by atomic mass is 35.5. The number of nitrogens with zero attached hydrogens (tertiary/aromatic N) is 1. The molecule has 0 radical (unpaired) electrons. The van der Waals surface area contributed by atoms with Crippen molar-refractivity contribution in [3.63, 3.8) is 0 Å². The fourth-order valence-electron chi connectivity index (χ4n) is 2.36. The van der Waals surface area contributed by atoms with Crippen LogP contribution in [-0.4, -0.2) is 29.3 Å². The van der Waals surface area contributed by atoms with Crippen molar-refractivity contribution < 1.29 is 9.59 Å². The summed E-state index contributed by atoms with van der Waals surface area (Å²) in [6.07, 6.45) is 0.929. The summed E-state index contributed by atoms with van der Waals surface area (Å²) in [5, 5.41) is 3.54. The van der Waals surface area contributed by atoms with E-state index < -0.39 is 6.04 Å². The first kappa shape index (κ1) is 19.5. The third-order valence-corrected chi connectivity index (χ3v) is 4.04. The molecule has 23 heavy (non-hydrogen) atoms. The molecular weight excluding hydrogens is 312 g/mol. The highest BCUT2D eigenvalue weighted by Gasteiger charge is 2.28. The van der Waals surface area contributed by atoms with Gasteiger partial charge in [0, 0.05) is 24.5 Å². The largest absolute Gasteiger partial charge is 0.354 e. The van der Waals surface area contributed by atoms with Crippen molar-refractivity contribution in [3.05, 3.63) is 34.9 Å². The van der Waals surface area contributed by atoms with E-state index in [9.17, 15) is 9.59 Å². The second-order valence-electron chi connectivity index (χ2n) is 6.03. The molecule has 0 saturated heterocycles. The average Bonchev–Trinajstić information content (AvgIpc) is 2.53. The Morgan fingerprint density at radius 2 is 1.87 bits per heavy atom. The quantitative estimate of drug-likeness (QED) is 0.786.